The molecular formula is C21H31N3O. The second kappa shape index (κ2) is 7.06. The number of hydrogen-bond donors (Lipinski definition) is 0. The average Bonchev–Trinajstić information content (AvgIpc) is 3.16. The Labute approximate surface area is 151 Å². The molecule has 0 unspecified atom stereocenters. The van der Waals surface area contributed by atoms with Gasteiger partial charge in [0.2, 0.25) is 5.91 Å². The Balaban J connectivity index is 1.37. The first-order chi connectivity index (χ1) is 12.2. The fraction of sp³-hybridized carbons (Fsp3) is 0.714. The zero-order valence-electron chi connectivity index (χ0n) is 15.5. The van der Waals surface area contributed by atoms with Crippen LogP contribution in [-0.2, 0) is 11.3 Å². The second-order valence-electron chi connectivity index (χ2n) is 8.54. The lowest BCUT2D eigenvalue weighted by Crippen LogP contribution is -2.53. The smallest absolute Gasteiger partial charge is 0.222 e. The lowest BCUT2D eigenvalue weighted by molar-refractivity contribution is -0.142. The summed E-state index contributed by atoms with van der Waals surface area (Å²) in [6.07, 6.45) is 13.3. The van der Waals surface area contributed by atoms with Crippen molar-refractivity contribution >= 4 is 5.91 Å². The summed E-state index contributed by atoms with van der Waals surface area (Å²) in [5.74, 6) is 0.423. The molecule has 4 rings (SSSR count). The summed E-state index contributed by atoms with van der Waals surface area (Å²) in [6.45, 7) is 6.54. The number of pyridine rings is 1. The number of aromatic nitrogens is 1. The van der Waals surface area contributed by atoms with Crippen molar-refractivity contribution in [1.29, 1.82) is 0 Å². The molecule has 0 bridgehead atoms. The minimum absolute atomic E-state index is 0.389. The van der Waals surface area contributed by atoms with Crippen LogP contribution in [0.3, 0.4) is 0 Å². The van der Waals surface area contributed by atoms with Gasteiger partial charge in [-0.1, -0.05) is 12.8 Å². The molecule has 1 amide bonds. The Morgan fingerprint density at radius 1 is 1.20 bits per heavy atom. The molecule has 25 heavy (non-hydrogen) atoms. The van der Waals surface area contributed by atoms with Crippen LogP contribution in [0.25, 0.3) is 0 Å². The SMILES string of the molecule is Cc1cnccc1CN1CCC2(CCC(=O)N(C3CCCC3)C2)CC1. The first-order valence-corrected chi connectivity index (χ1v) is 10.1. The predicted molar refractivity (Wildman–Crippen MR) is 99.1 cm³/mol. The molecular weight excluding hydrogens is 310 g/mol. The monoisotopic (exact) mass is 341 g/mol. The van der Waals surface area contributed by atoms with Gasteiger partial charge < -0.3 is 4.90 Å². The van der Waals surface area contributed by atoms with Crippen molar-refractivity contribution in [1.82, 2.24) is 14.8 Å². The van der Waals surface area contributed by atoms with Crippen LogP contribution in [0, 0.1) is 12.3 Å². The van der Waals surface area contributed by atoms with Gasteiger partial charge in [-0.3, -0.25) is 14.7 Å². The van der Waals surface area contributed by atoms with Crippen molar-refractivity contribution in [3.05, 3.63) is 29.6 Å². The number of likely N-dealkylation sites (tertiary alicyclic amines) is 2. The number of amides is 1. The van der Waals surface area contributed by atoms with Gasteiger partial charge in [0.1, 0.15) is 0 Å². The van der Waals surface area contributed by atoms with Gasteiger partial charge in [-0.25, -0.2) is 0 Å². The maximum absolute atomic E-state index is 12.5. The number of aryl methyl sites for hydroxylation is 1. The van der Waals surface area contributed by atoms with Gasteiger partial charge in [0.05, 0.1) is 0 Å². The molecule has 3 fully saturated rings. The third-order valence-corrected chi connectivity index (χ3v) is 6.91. The summed E-state index contributed by atoms with van der Waals surface area (Å²) in [5, 5.41) is 0. The van der Waals surface area contributed by atoms with E-state index in [0.29, 0.717) is 17.4 Å². The molecule has 2 aliphatic heterocycles. The molecule has 0 atom stereocenters. The normalized spacial score (nSPS) is 25.0. The summed E-state index contributed by atoms with van der Waals surface area (Å²) >= 11 is 0. The van der Waals surface area contributed by atoms with Gasteiger partial charge in [-0.05, 0) is 74.7 Å². The second-order valence-corrected chi connectivity index (χ2v) is 8.54. The summed E-state index contributed by atoms with van der Waals surface area (Å²) in [7, 11) is 0. The molecule has 136 valence electrons. The molecule has 0 N–H and O–H groups in total. The molecule has 1 aromatic rings. The van der Waals surface area contributed by atoms with E-state index in [2.05, 4.69) is 27.8 Å². The highest BCUT2D eigenvalue weighted by Gasteiger charge is 2.43. The van der Waals surface area contributed by atoms with Crippen molar-refractivity contribution in [2.45, 2.75) is 70.9 Å². The van der Waals surface area contributed by atoms with Crippen molar-refractivity contribution in [3.8, 4) is 0 Å². The zero-order valence-corrected chi connectivity index (χ0v) is 15.5. The van der Waals surface area contributed by atoms with Crippen molar-refractivity contribution in [2.75, 3.05) is 19.6 Å². The number of nitrogens with zero attached hydrogens (tertiary/aromatic N) is 3. The first kappa shape index (κ1) is 17.0. The van der Waals surface area contributed by atoms with Crippen LogP contribution in [0.4, 0.5) is 0 Å². The predicted octanol–water partition coefficient (Wildman–Crippen LogP) is 3.54. The zero-order chi connectivity index (χ0) is 17.3. The summed E-state index contributed by atoms with van der Waals surface area (Å²) in [5.41, 5.74) is 3.08. The Bertz CT molecular complexity index is 615. The molecule has 0 radical (unpaired) electrons. The van der Waals surface area contributed by atoms with Crippen LogP contribution in [0.5, 0.6) is 0 Å². The standard InChI is InChI=1S/C21H31N3O/c1-17-14-22-11-7-18(17)15-23-12-9-21(10-13-23)8-6-20(25)24(16-21)19-4-2-3-5-19/h7,11,14,19H,2-6,8-10,12-13,15-16H2,1H3. The topological polar surface area (TPSA) is 36.4 Å². The summed E-state index contributed by atoms with van der Waals surface area (Å²) < 4.78 is 0. The molecule has 0 aromatic carbocycles. The first-order valence-electron chi connectivity index (χ1n) is 10.1. The molecule has 1 spiro atoms. The van der Waals surface area contributed by atoms with E-state index in [1.54, 1.807) is 0 Å². The summed E-state index contributed by atoms with van der Waals surface area (Å²) in [4.78, 5) is 21.5. The van der Waals surface area contributed by atoms with Crippen LogP contribution >= 0.6 is 0 Å². The number of hydrogen-bond acceptors (Lipinski definition) is 3. The lowest BCUT2D eigenvalue weighted by Gasteiger charge is -2.49. The molecule has 2 saturated heterocycles. The quantitative estimate of drug-likeness (QED) is 0.844. The van der Waals surface area contributed by atoms with E-state index in [0.717, 1.165) is 39.0 Å². The van der Waals surface area contributed by atoms with E-state index in [9.17, 15) is 4.79 Å². The molecule has 4 heteroatoms. The van der Waals surface area contributed by atoms with Gasteiger partial charge in [0.25, 0.3) is 0 Å². The fourth-order valence-corrected chi connectivity index (χ4v) is 5.11. The Morgan fingerprint density at radius 2 is 1.96 bits per heavy atom. The molecule has 3 aliphatic rings. The number of carbonyl (C=O) groups is 1. The highest BCUT2D eigenvalue weighted by atomic mass is 16.2. The largest absolute Gasteiger partial charge is 0.339 e. The Morgan fingerprint density at radius 3 is 2.68 bits per heavy atom. The van der Waals surface area contributed by atoms with Crippen LogP contribution in [0.1, 0.15) is 62.5 Å². The van der Waals surface area contributed by atoms with Gasteiger partial charge in [0, 0.05) is 37.9 Å². The van der Waals surface area contributed by atoms with E-state index < -0.39 is 0 Å². The van der Waals surface area contributed by atoms with Gasteiger partial charge in [-0.15, -0.1) is 0 Å². The maximum atomic E-state index is 12.5. The van der Waals surface area contributed by atoms with Crippen LogP contribution in [0.15, 0.2) is 18.5 Å². The molecule has 3 heterocycles. The maximum Gasteiger partial charge on any atom is 0.222 e. The average molecular weight is 341 g/mol. The summed E-state index contributed by atoms with van der Waals surface area (Å²) in [6, 6.07) is 2.70. The van der Waals surface area contributed by atoms with E-state index in [-0.39, 0.29) is 0 Å². The molecule has 1 saturated carbocycles. The number of piperidine rings is 2. The number of carbonyl (C=O) groups excluding carboxylic acids is 1. The Hall–Kier alpha value is -1.42. The van der Waals surface area contributed by atoms with Crippen molar-refractivity contribution in [2.24, 2.45) is 5.41 Å². The van der Waals surface area contributed by atoms with E-state index in [4.69, 9.17) is 0 Å². The van der Waals surface area contributed by atoms with Crippen LogP contribution < -0.4 is 0 Å². The molecule has 4 nitrogen and oxygen atoms in total. The minimum atomic E-state index is 0.389. The van der Waals surface area contributed by atoms with Gasteiger partial charge in [0.15, 0.2) is 0 Å². The lowest BCUT2D eigenvalue weighted by atomic mass is 9.72. The fourth-order valence-electron chi connectivity index (χ4n) is 5.11. The Kier molecular flexibility index (Phi) is 4.81. The highest BCUT2D eigenvalue weighted by Crippen LogP contribution is 2.42. The van der Waals surface area contributed by atoms with Crippen LogP contribution in [0.2, 0.25) is 0 Å². The minimum Gasteiger partial charge on any atom is -0.339 e. The third kappa shape index (κ3) is 3.59. The van der Waals surface area contributed by atoms with Gasteiger partial charge in [-0.2, -0.15) is 0 Å². The number of rotatable bonds is 3. The van der Waals surface area contributed by atoms with Crippen molar-refractivity contribution in [3.63, 3.8) is 0 Å². The third-order valence-electron chi connectivity index (χ3n) is 6.91. The van der Waals surface area contributed by atoms with Crippen molar-refractivity contribution < 1.29 is 4.79 Å². The van der Waals surface area contributed by atoms with E-state index in [1.807, 2.05) is 12.4 Å². The highest BCUT2D eigenvalue weighted by molar-refractivity contribution is 5.77. The molecule has 1 aromatic heterocycles. The van der Waals surface area contributed by atoms with E-state index in [1.165, 1.54) is 49.7 Å². The molecule has 1 aliphatic carbocycles. The van der Waals surface area contributed by atoms with Gasteiger partial charge >= 0.3 is 0 Å². The van der Waals surface area contributed by atoms with E-state index >= 15 is 0 Å². The van der Waals surface area contributed by atoms with Crippen LogP contribution in [-0.4, -0.2) is 46.4 Å².